The summed E-state index contributed by atoms with van der Waals surface area (Å²) in [6.07, 6.45) is 1.83. The summed E-state index contributed by atoms with van der Waals surface area (Å²) >= 11 is 0. The lowest BCUT2D eigenvalue weighted by Gasteiger charge is -2.26. The molecular weight excluding hydrogens is 268 g/mol. The average Bonchev–Trinajstić information content (AvgIpc) is 2.37. The molecule has 2 unspecified atom stereocenters. The van der Waals surface area contributed by atoms with E-state index in [1.807, 2.05) is 4.98 Å². The summed E-state index contributed by atoms with van der Waals surface area (Å²) < 4.78 is 0. The molecule has 1 aromatic heterocycles. The highest BCUT2D eigenvalue weighted by atomic mass is 16.4. The normalized spacial score (nSPS) is 22.4. The van der Waals surface area contributed by atoms with Gasteiger partial charge in [-0.05, 0) is 25.2 Å². The molecule has 0 amide bonds. The van der Waals surface area contributed by atoms with Gasteiger partial charge in [0.05, 0.1) is 11.5 Å². The summed E-state index contributed by atoms with van der Waals surface area (Å²) in [7, 11) is 0. The number of H-pyrrole nitrogens is 2. The standard InChI is InChI=1S/C12H14N2O6/c15-9-7(8(11(18)19)13-12(20)14-9)5-2-1-3-6(4-5)10(16)17/h5-6H,1-4H2,(H,16,17)(H,18,19)(H2,13,14,15,20). The summed E-state index contributed by atoms with van der Waals surface area (Å²) in [5, 5.41) is 18.1. The molecule has 0 radical (unpaired) electrons. The van der Waals surface area contributed by atoms with Gasteiger partial charge in [-0.1, -0.05) is 6.42 Å². The first-order valence-electron chi connectivity index (χ1n) is 6.22. The summed E-state index contributed by atoms with van der Waals surface area (Å²) in [5.41, 5.74) is -2.14. The van der Waals surface area contributed by atoms with Gasteiger partial charge in [-0.3, -0.25) is 14.6 Å². The Morgan fingerprint density at radius 3 is 2.40 bits per heavy atom. The Bertz CT molecular complexity index is 659. The first kappa shape index (κ1) is 14.0. The third kappa shape index (κ3) is 2.63. The smallest absolute Gasteiger partial charge is 0.352 e. The average molecular weight is 282 g/mol. The predicted molar refractivity (Wildman–Crippen MR) is 67.0 cm³/mol. The Hall–Kier alpha value is -2.38. The molecule has 1 aromatic rings. The lowest BCUT2D eigenvalue weighted by Crippen LogP contribution is -2.33. The van der Waals surface area contributed by atoms with Crippen molar-refractivity contribution in [2.45, 2.75) is 31.6 Å². The van der Waals surface area contributed by atoms with Crippen LogP contribution in [0, 0.1) is 5.92 Å². The van der Waals surface area contributed by atoms with Gasteiger partial charge in [0, 0.05) is 0 Å². The zero-order valence-corrected chi connectivity index (χ0v) is 10.5. The number of nitrogens with one attached hydrogen (secondary N) is 2. The van der Waals surface area contributed by atoms with Gasteiger partial charge in [0.1, 0.15) is 5.69 Å². The maximum Gasteiger partial charge on any atom is 0.352 e. The second kappa shape index (κ2) is 5.32. The SMILES string of the molecule is O=C(O)c1[nH]c(=O)[nH]c(=O)c1C1CCCC(C(=O)O)C1. The largest absolute Gasteiger partial charge is 0.481 e. The number of aromatic amines is 2. The van der Waals surface area contributed by atoms with Crippen molar-refractivity contribution >= 4 is 11.9 Å². The number of hydrogen-bond acceptors (Lipinski definition) is 4. The fourth-order valence-corrected chi connectivity index (χ4v) is 2.73. The van der Waals surface area contributed by atoms with Crippen molar-refractivity contribution in [2.24, 2.45) is 5.92 Å². The van der Waals surface area contributed by atoms with Crippen LogP contribution in [0.25, 0.3) is 0 Å². The number of aromatic carboxylic acids is 1. The predicted octanol–water partition coefficient (Wildman–Crippen LogP) is 0.120. The number of carboxylic acid groups (broad SMARTS) is 2. The minimum Gasteiger partial charge on any atom is -0.481 e. The van der Waals surface area contributed by atoms with Crippen LogP contribution in [0.4, 0.5) is 0 Å². The third-order valence-electron chi connectivity index (χ3n) is 3.63. The molecule has 108 valence electrons. The van der Waals surface area contributed by atoms with Gasteiger partial charge < -0.3 is 15.2 Å². The van der Waals surface area contributed by atoms with Gasteiger partial charge in [-0.25, -0.2) is 9.59 Å². The molecule has 0 aromatic carbocycles. The number of aromatic nitrogens is 2. The number of carboxylic acids is 2. The first-order chi connectivity index (χ1) is 9.40. The van der Waals surface area contributed by atoms with E-state index in [1.54, 1.807) is 0 Å². The third-order valence-corrected chi connectivity index (χ3v) is 3.63. The summed E-state index contributed by atoms with van der Waals surface area (Å²) in [6.45, 7) is 0. The molecule has 0 aliphatic heterocycles. The zero-order chi connectivity index (χ0) is 14.9. The lowest BCUT2D eigenvalue weighted by atomic mass is 9.78. The quantitative estimate of drug-likeness (QED) is 0.620. The van der Waals surface area contributed by atoms with Crippen LogP contribution in [-0.4, -0.2) is 32.1 Å². The van der Waals surface area contributed by atoms with E-state index in [-0.39, 0.29) is 12.0 Å². The highest BCUT2D eigenvalue weighted by Gasteiger charge is 2.32. The van der Waals surface area contributed by atoms with Gasteiger partial charge >= 0.3 is 17.6 Å². The van der Waals surface area contributed by atoms with E-state index in [1.165, 1.54) is 0 Å². The van der Waals surface area contributed by atoms with Crippen LogP contribution in [-0.2, 0) is 4.79 Å². The van der Waals surface area contributed by atoms with Crippen molar-refractivity contribution in [2.75, 3.05) is 0 Å². The molecule has 1 fully saturated rings. The molecule has 1 saturated carbocycles. The molecular formula is C12H14N2O6. The van der Waals surface area contributed by atoms with E-state index in [0.29, 0.717) is 19.3 Å². The number of carbonyl (C=O) groups is 2. The van der Waals surface area contributed by atoms with Crippen LogP contribution in [0.2, 0.25) is 0 Å². The second-order valence-electron chi connectivity index (χ2n) is 4.90. The molecule has 0 saturated heterocycles. The van der Waals surface area contributed by atoms with Gasteiger partial charge in [0.25, 0.3) is 5.56 Å². The Labute approximate surface area is 112 Å². The second-order valence-corrected chi connectivity index (χ2v) is 4.90. The van der Waals surface area contributed by atoms with E-state index in [4.69, 9.17) is 10.2 Å². The summed E-state index contributed by atoms with van der Waals surface area (Å²) in [5.74, 6) is -3.42. The molecule has 8 nitrogen and oxygen atoms in total. The highest BCUT2D eigenvalue weighted by molar-refractivity contribution is 5.87. The maximum absolute atomic E-state index is 11.9. The topological polar surface area (TPSA) is 140 Å². The van der Waals surface area contributed by atoms with E-state index in [2.05, 4.69) is 4.98 Å². The molecule has 1 aliphatic carbocycles. The molecule has 0 spiro atoms. The van der Waals surface area contributed by atoms with E-state index < -0.39 is 40.7 Å². The van der Waals surface area contributed by atoms with E-state index >= 15 is 0 Å². The number of aliphatic carboxylic acids is 1. The van der Waals surface area contributed by atoms with Gasteiger partial charge in [-0.15, -0.1) is 0 Å². The molecule has 20 heavy (non-hydrogen) atoms. The maximum atomic E-state index is 11.9. The number of hydrogen-bond donors (Lipinski definition) is 4. The monoisotopic (exact) mass is 282 g/mol. The number of rotatable bonds is 3. The van der Waals surface area contributed by atoms with Crippen molar-refractivity contribution in [1.82, 2.24) is 9.97 Å². The Kier molecular flexibility index (Phi) is 3.73. The molecule has 0 bridgehead atoms. The van der Waals surface area contributed by atoms with Crippen LogP contribution in [0.15, 0.2) is 9.59 Å². The van der Waals surface area contributed by atoms with E-state index in [0.717, 1.165) is 0 Å². The molecule has 2 atom stereocenters. The van der Waals surface area contributed by atoms with Crippen LogP contribution in [0.1, 0.15) is 47.7 Å². The minimum absolute atomic E-state index is 0.0388. The first-order valence-corrected chi connectivity index (χ1v) is 6.22. The van der Waals surface area contributed by atoms with Crippen LogP contribution in [0.5, 0.6) is 0 Å². The van der Waals surface area contributed by atoms with Crippen LogP contribution >= 0.6 is 0 Å². The fraction of sp³-hybridized carbons (Fsp3) is 0.500. The Morgan fingerprint density at radius 1 is 1.10 bits per heavy atom. The zero-order valence-electron chi connectivity index (χ0n) is 10.5. The summed E-state index contributed by atoms with van der Waals surface area (Å²) in [6, 6.07) is 0. The minimum atomic E-state index is -1.40. The Balaban J connectivity index is 2.46. The van der Waals surface area contributed by atoms with Crippen molar-refractivity contribution in [3.63, 3.8) is 0 Å². The van der Waals surface area contributed by atoms with Gasteiger partial charge in [-0.2, -0.15) is 0 Å². The van der Waals surface area contributed by atoms with Crippen LogP contribution in [0.3, 0.4) is 0 Å². The molecule has 8 heteroatoms. The van der Waals surface area contributed by atoms with Crippen molar-refractivity contribution in [3.05, 3.63) is 32.1 Å². The van der Waals surface area contributed by atoms with Gasteiger partial charge in [0.15, 0.2) is 0 Å². The molecule has 1 heterocycles. The van der Waals surface area contributed by atoms with E-state index in [9.17, 15) is 19.2 Å². The fourth-order valence-electron chi connectivity index (χ4n) is 2.73. The van der Waals surface area contributed by atoms with Crippen molar-refractivity contribution in [3.8, 4) is 0 Å². The van der Waals surface area contributed by atoms with Gasteiger partial charge in [0.2, 0.25) is 0 Å². The molecule has 2 rings (SSSR count). The summed E-state index contributed by atoms with van der Waals surface area (Å²) in [4.78, 5) is 49.3. The van der Waals surface area contributed by atoms with Crippen molar-refractivity contribution < 1.29 is 19.8 Å². The van der Waals surface area contributed by atoms with Crippen LogP contribution < -0.4 is 11.2 Å². The molecule has 1 aliphatic rings. The Morgan fingerprint density at radius 2 is 1.80 bits per heavy atom. The van der Waals surface area contributed by atoms with Crippen molar-refractivity contribution in [1.29, 1.82) is 0 Å². The lowest BCUT2D eigenvalue weighted by molar-refractivity contribution is -0.143. The highest BCUT2D eigenvalue weighted by Crippen LogP contribution is 2.35. The molecule has 4 N–H and O–H groups in total.